The van der Waals surface area contributed by atoms with Gasteiger partial charge >= 0.3 is 0 Å². The van der Waals surface area contributed by atoms with E-state index in [-0.39, 0.29) is 0 Å². The number of unbranched alkanes of at least 4 members (excludes halogenated alkanes) is 2. The summed E-state index contributed by atoms with van der Waals surface area (Å²) in [6.45, 7) is 4.99. The number of rotatable bonds is 9. The van der Waals surface area contributed by atoms with Crippen LogP contribution in [0.3, 0.4) is 0 Å². The third-order valence-corrected chi connectivity index (χ3v) is 4.31. The largest absolute Gasteiger partial charge is 0.490 e. The van der Waals surface area contributed by atoms with Gasteiger partial charge in [-0.15, -0.1) is 10.2 Å². The van der Waals surface area contributed by atoms with Crippen molar-refractivity contribution in [1.29, 1.82) is 0 Å². The summed E-state index contributed by atoms with van der Waals surface area (Å²) in [4.78, 5) is 0. The molecule has 22 heavy (non-hydrogen) atoms. The Bertz CT molecular complexity index is 575. The zero-order valence-electron chi connectivity index (χ0n) is 13.4. The number of hydrogen-bond acceptors (Lipinski definition) is 4. The number of ether oxygens (including phenoxy) is 1. The average Bonchev–Trinajstić information content (AvgIpc) is 3.02. The third kappa shape index (κ3) is 5.26. The van der Waals surface area contributed by atoms with Crippen LogP contribution in [0.2, 0.25) is 0 Å². The fourth-order valence-corrected chi connectivity index (χ4v) is 2.88. The summed E-state index contributed by atoms with van der Waals surface area (Å²) in [5.41, 5.74) is 1.11. The van der Waals surface area contributed by atoms with Gasteiger partial charge in [0.05, 0.1) is 0 Å². The second-order valence-electron chi connectivity index (χ2n) is 5.20. The molecule has 0 N–H and O–H groups in total. The van der Waals surface area contributed by atoms with Gasteiger partial charge in [-0.05, 0) is 37.1 Å². The van der Waals surface area contributed by atoms with Crippen LogP contribution in [0.5, 0.6) is 5.75 Å². The predicted molar refractivity (Wildman–Crippen MR) is 93.5 cm³/mol. The normalized spacial score (nSPS) is 11.2. The lowest BCUT2D eigenvalue weighted by Gasteiger charge is -2.03. The van der Waals surface area contributed by atoms with E-state index in [1.54, 1.807) is 11.3 Å². The van der Waals surface area contributed by atoms with Crippen LogP contribution in [0.25, 0.3) is 10.6 Å². The number of aryl methyl sites for hydroxylation is 1. The molecule has 0 bridgehead atoms. The zero-order chi connectivity index (χ0) is 15.6. The van der Waals surface area contributed by atoms with Crippen LogP contribution < -0.4 is 4.74 Å². The number of aromatic nitrogens is 2. The smallest absolute Gasteiger partial charge is 0.147 e. The van der Waals surface area contributed by atoms with Crippen molar-refractivity contribution >= 4 is 11.3 Å². The van der Waals surface area contributed by atoms with Gasteiger partial charge in [0.25, 0.3) is 0 Å². The molecule has 0 saturated carbocycles. The second-order valence-corrected chi connectivity index (χ2v) is 6.26. The molecule has 1 heterocycles. The van der Waals surface area contributed by atoms with Gasteiger partial charge in [-0.2, -0.15) is 0 Å². The van der Waals surface area contributed by atoms with Crippen molar-refractivity contribution in [3.8, 4) is 16.3 Å². The summed E-state index contributed by atoms with van der Waals surface area (Å²) in [6, 6.07) is 8.09. The minimum absolute atomic E-state index is 0.624. The SMILES string of the molecule is CCC/C=C/COc1ccc(-c2nnc(CCCC)s2)cc1. The Labute approximate surface area is 137 Å². The van der Waals surface area contributed by atoms with Crippen LogP contribution in [0.15, 0.2) is 36.4 Å². The minimum atomic E-state index is 0.624. The molecule has 0 saturated heterocycles. The Hall–Kier alpha value is -1.68. The first kappa shape index (κ1) is 16.7. The van der Waals surface area contributed by atoms with Crippen LogP contribution in [-0.4, -0.2) is 16.8 Å². The van der Waals surface area contributed by atoms with Crippen LogP contribution in [0.4, 0.5) is 0 Å². The lowest BCUT2D eigenvalue weighted by Crippen LogP contribution is -1.92. The van der Waals surface area contributed by atoms with E-state index in [0.29, 0.717) is 6.61 Å². The Kier molecular flexibility index (Phi) is 7.10. The lowest BCUT2D eigenvalue weighted by molar-refractivity contribution is 0.362. The first-order valence-electron chi connectivity index (χ1n) is 8.04. The van der Waals surface area contributed by atoms with Crippen molar-refractivity contribution in [3.05, 3.63) is 41.4 Å². The average molecular weight is 316 g/mol. The van der Waals surface area contributed by atoms with E-state index in [1.165, 1.54) is 19.3 Å². The highest BCUT2D eigenvalue weighted by Gasteiger charge is 2.06. The fraction of sp³-hybridized carbons (Fsp3) is 0.444. The minimum Gasteiger partial charge on any atom is -0.490 e. The highest BCUT2D eigenvalue weighted by molar-refractivity contribution is 7.14. The van der Waals surface area contributed by atoms with Crippen LogP contribution >= 0.6 is 11.3 Å². The summed E-state index contributed by atoms with van der Waals surface area (Å²) in [5, 5.41) is 10.7. The molecule has 1 aromatic heterocycles. The summed E-state index contributed by atoms with van der Waals surface area (Å²) in [7, 11) is 0. The van der Waals surface area contributed by atoms with Crippen LogP contribution in [-0.2, 0) is 6.42 Å². The van der Waals surface area contributed by atoms with E-state index in [1.807, 2.05) is 12.1 Å². The Morgan fingerprint density at radius 1 is 1.05 bits per heavy atom. The molecule has 2 rings (SSSR count). The molecule has 0 unspecified atom stereocenters. The van der Waals surface area contributed by atoms with Gasteiger partial charge in [-0.3, -0.25) is 0 Å². The highest BCUT2D eigenvalue weighted by Crippen LogP contribution is 2.26. The molecule has 2 aromatic rings. The third-order valence-electron chi connectivity index (χ3n) is 3.28. The summed E-state index contributed by atoms with van der Waals surface area (Å²) < 4.78 is 5.68. The summed E-state index contributed by atoms with van der Waals surface area (Å²) in [5.74, 6) is 0.889. The van der Waals surface area contributed by atoms with Crippen molar-refractivity contribution in [3.63, 3.8) is 0 Å². The van der Waals surface area contributed by atoms with Crippen LogP contribution in [0, 0.1) is 0 Å². The molecule has 0 spiro atoms. The Morgan fingerprint density at radius 3 is 2.59 bits per heavy atom. The molecular formula is C18H24N2OS. The van der Waals surface area contributed by atoms with E-state index < -0.39 is 0 Å². The van der Waals surface area contributed by atoms with Gasteiger partial charge in [0, 0.05) is 12.0 Å². The van der Waals surface area contributed by atoms with Crippen molar-refractivity contribution < 1.29 is 4.74 Å². The van der Waals surface area contributed by atoms with E-state index in [2.05, 4.69) is 48.3 Å². The predicted octanol–water partition coefficient (Wildman–Crippen LogP) is 5.28. The monoisotopic (exact) mass is 316 g/mol. The second kappa shape index (κ2) is 9.36. The molecule has 0 atom stereocenters. The summed E-state index contributed by atoms with van der Waals surface area (Å²) in [6.07, 6.45) is 9.91. The topological polar surface area (TPSA) is 35.0 Å². The van der Waals surface area contributed by atoms with E-state index >= 15 is 0 Å². The first-order chi connectivity index (χ1) is 10.8. The molecule has 3 nitrogen and oxygen atoms in total. The number of hydrogen-bond donors (Lipinski definition) is 0. The molecule has 0 aliphatic heterocycles. The van der Waals surface area contributed by atoms with Crippen LogP contribution in [0.1, 0.15) is 44.5 Å². The molecule has 0 amide bonds. The molecule has 0 aliphatic rings. The van der Waals surface area contributed by atoms with Crippen molar-refractivity contribution in [2.45, 2.75) is 46.0 Å². The molecule has 0 fully saturated rings. The maximum absolute atomic E-state index is 5.68. The number of nitrogens with zero attached hydrogens (tertiary/aromatic N) is 2. The zero-order valence-corrected chi connectivity index (χ0v) is 14.2. The van der Waals surface area contributed by atoms with E-state index in [4.69, 9.17) is 4.74 Å². The van der Waals surface area contributed by atoms with Gasteiger partial charge in [0.1, 0.15) is 22.4 Å². The van der Waals surface area contributed by atoms with E-state index in [0.717, 1.165) is 34.2 Å². The Balaban J connectivity index is 1.89. The maximum atomic E-state index is 5.68. The van der Waals surface area contributed by atoms with Gasteiger partial charge < -0.3 is 4.74 Å². The lowest BCUT2D eigenvalue weighted by atomic mass is 10.2. The Morgan fingerprint density at radius 2 is 1.86 bits per heavy atom. The highest BCUT2D eigenvalue weighted by atomic mass is 32.1. The fourth-order valence-electron chi connectivity index (χ4n) is 1.99. The van der Waals surface area contributed by atoms with Gasteiger partial charge in [-0.25, -0.2) is 0 Å². The molecule has 118 valence electrons. The number of benzene rings is 1. The van der Waals surface area contributed by atoms with E-state index in [9.17, 15) is 0 Å². The molecular weight excluding hydrogens is 292 g/mol. The number of allylic oxidation sites excluding steroid dienone is 1. The first-order valence-corrected chi connectivity index (χ1v) is 8.85. The van der Waals surface area contributed by atoms with Gasteiger partial charge in [0.2, 0.25) is 0 Å². The summed E-state index contributed by atoms with van der Waals surface area (Å²) >= 11 is 1.68. The molecule has 1 aromatic carbocycles. The van der Waals surface area contributed by atoms with Crippen molar-refractivity contribution in [2.75, 3.05) is 6.61 Å². The maximum Gasteiger partial charge on any atom is 0.147 e. The molecule has 0 radical (unpaired) electrons. The molecule has 0 aliphatic carbocycles. The standard InChI is InChI=1S/C18H24N2OS/c1-3-5-7-8-14-21-16-12-10-15(11-13-16)18-20-19-17(22-18)9-6-4-2/h7-8,10-13H,3-6,9,14H2,1-2H3/b8-7+. The van der Waals surface area contributed by atoms with Crippen molar-refractivity contribution in [2.24, 2.45) is 0 Å². The van der Waals surface area contributed by atoms with Gasteiger partial charge in [-0.1, -0.05) is 50.2 Å². The van der Waals surface area contributed by atoms with Gasteiger partial charge in [0.15, 0.2) is 0 Å². The molecule has 4 heteroatoms. The quantitative estimate of drug-likeness (QED) is 0.590. The van der Waals surface area contributed by atoms with Crippen molar-refractivity contribution in [1.82, 2.24) is 10.2 Å².